The van der Waals surface area contributed by atoms with E-state index in [1.54, 1.807) is 23.5 Å². The predicted octanol–water partition coefficient (Wildman–Crippen LogP) is 3.00. The Balaban J connectivity index is 1.38. The van der Waals surface area contributed by atoms with E-state index in [0.29, 0.717) is 12.1 Å². The van der Waals surface area contributed by atoms with Crippen molar-refractivity contribution in [1.82, 2.24) is 29.6 Å². The molecule has 0 saturated carbocycles. The Morgan fingerprint density at radius 3 is 2.46 bits per heavy atom. The molecule has 7 heteroatoms. The number of aromatic nitrogens is 5. The van der Waals surface area contributed by atoms with Gasteiger partial charge in [0, 0.05) is 23.6 Å². The van der Waals surface area contributed by atoms with E-state index >= 15 is 0 Å². The molecule has 0 spiro atoms. The Bertz CT molecular complexity index is 1020. The van der Waals surface area contributed by atoms with E-state index in [0.717, 1.165) is 16.8 Å². The molecule has 1 amide bonds. The van der Waals surface area contributed by atoms with Gasteiger partial charge < -0.3 is 9.88 Å². The molecular formula is C21H20N6O. The zero-order valence-corrected chi connectivity index (χ0v) is 15.4. The van der Waals surface area contributed by atoms with E-state index in [1.165, 1.54) is 6.33 Å². The van der Waals surface area contributed by atoms with Crippen LogP contribution in [0.3, 0.4) is 0 Å². The van der Waals surface area contributed by atoms with E-state index < -0.39 is 0 Å². The van der Waals surface area contributed by atoms with Crippen LogP contribution < -0.4 is 5.32 Å². The van der Waals surface area contributed by atoms with Crippen molar-refractivity contribution in [2.75, 3.05) is 0 Å². The molecule has 0 aliphatic rings. The second-order valence-corrected chi connectivity index (χ2v) is 6.55. The first-order valence-electron chi connectivity index (χ1n) is 8.99. The summed E-state index contributed by atoms with van der Waals surface area (Å²) >= 11 is 0. The molecule has 4 aromatic rings. The third-order valence-corrected chi connectivity index (χ3v) is 4.57. The number of hydrogen-bond acceptors (Lipinski definition) is 4. The van der Waals surface area contributed by atoms with Crippen molar-refractivity contribution in [2.24, 2.45) is 0 Å². The molecule has 2 aromatic carbocycles. The van der Waals surface area contributed by atoms with Gasteiger partial charge in [-0.15, -0.1) is 0 Å². The van der Waals surface area contributed by atoms with Crippen LogP contribution in [0.1, 0.15) is 34.5 Å². The number of nitrogens with one attached hydrogen (secondary N) is 1. The molecule has 140 valence electrons. The van der Waals surface area contributed by atoms with Gasteiger partial charge in [-0.25, -0.2) is 14.6 Å². The van der Waals surface area contributed by atoms with Crippen LogP contribution in [0.5, 0.6) is 0 Å². The zero-order valence-electron chi connectivity index (χ0n) is 15.4. The molecule has 4 rings (SSSR count). The fraction of sp³-hybridized carbons (Fsp3) is 0.143. The first-order chi connectivity index (χ1) is 13.7. The molecule has 0 aliphatic carbocycles. The SMILES string of the molecule is C[C@H](NC(=O)c1ccc(Cn2cncn2)cc1)c1ccc(-n2ccnc2)cc1. The average Bonchev–Trinajstić information content (AvgIpc) is 3.43. The van der Waals surface area contributed by atoms with Crippen molar-refractivity contribution >= 4 is 5.91 Å². The largest absolute Gasteiger partial charge is 0.346 e. The van der Waals surface area contributed by atoms with Gasteiger partial charge in [0.15, 0.2) is 0 Å². The standard InChI is InChI=1S/C21H20N6O/c1-16(18-6-8-20(9-7-18)26-11-10-22-14-26)25-21(28)19-4-2-17(3-5-19)12-27-15-23-13-24-27/h2-11,13-16H,12H2,1H3,(H,25,28)/t16-/m0/s1. The van der Waals surface area contributed by atoms with E-state index in [2.05, 4.69) is 20.4 Å². The lowest BCUT2D eigenvalue weighted by atomic mass is 10.1. The number of rotatable bonds is 6. The topological polar surface area (TPSA) is 77.6 Å². The van der Waals surface area contributed by atoms with Gasteiger partial charge in [-0.1, -0.05) is 24.3 Å². The highest BCUT2D eigenvalue weighted by Gasteiger charge is 2.12. The van der Waals surface area contributed by atoms with Crippen molar-refractivity contribution in [3.05, 3.63) is 96.6 Å². The average molecular weight is 372 g/mol. The zero-order chi connectivity index (χ0) is 19.3. The molecule has 0 fully saturated rings. The second-order valence-electron chi connectivity index (χ2n) is 6.55. The summed E-state index contributed by atoms with van der Waals surface area (Å²) in [6, 6.07) is 15.5. The van der Waals surface area contributed by atoms with E-state index in [-0.39, 0.29) is 11.9 Å². The summed E-state index contributed by atoms with van der Waals surface area (Å²) in [6.07, 6.45) is 8.57. The number of imidazole rings is 1. The summed E-state index contributed by atoms with van der Waals surface area (Å²) in [5.74, 6) is -0.0986. The van der Waals surface area contributed by atoms with E-state index in [1.807, 2.05) is 66.2 Å². The van der Waals surface area contributed by atoms with Crippen LogP contribution in [-0.4, -0.2) is 30.2 Å². The monoisotopic (exact) mass is 372 g/mol. The van der Waals surface area contributed by atoms with Gasteiger partial charge in [0.05, 0.1) is 18.9 Å². The maximum absolute atomic E-state index is 12.6. The number of hydrogen-bond donors (Lipinski definition) is 1. The number of nitrogens with zero attached hydrogens (tertiary/aromatic N) is 5. The minimum atomic E-state index is -0.0986. The minimum Gasteiger partial charge on any atom is -0.346 e. The molecule has 2 aromatic heterocycles. The van der Waals surface area contributed by atoms with Gasteiger partial charge in [-0.3, -0.25) is 4.79 Å². The Hall–Kier alpha value is -3.74. The van der Waals surface area contributed by atoms with Crippen molar-refractivity contribution in [1.29, 1.82) is 0 Å². The lowest BCUT2D eigenvalue weighted by Crippen LogP contribution is -2.26. The van der Waals surface area contributed by atoms with Gasteiger partial charge in [0.1, 0.15) is 12.7 Å². The Labute approximate surface area is 162 Å². The maximum Gasteiger partial charge on any atom is 0.251 e. The lowest BCUT2D eigenvalue weighted by molar-refractivity contribution is 0.0940. The summed E-state index contributed by atoms with van der Waals surface area (Å²) in [4.78, 5) is 20.5. The molecule has 0 aliphatic heterocycles. The highest BCUT2D eigenvalue weighted by atomic mass is 16.1. The molecule has 0 radical (unpaired) electrons. The molecule has 1 atom stereocenters. The molecule has 0 saturated heterocycles. The lowest BCUT2D eigenvalue weighted by Gasteiger charge is -2.15. The van der Waals surface area contributed by atoms with E-state index in [9.17, 15) is 4.79 Å². The van der Waals surface area contributed by atoms with Gasteiger partial charge in [0.25, 0.3) is 5.91 Å². The first-order valence-corrected chi connectivity index (χ1v) is 8.99. The summed E-state index contributed by atoms with van der Waals surface area (Å²) in [6.45, 7) is 2.60. The molecule has 7 nitrogen and oxygen atoms in total. The molecular weight excluding hydrogens is 352 g/mol. The predicted molar refractivity (Wildman–Crippen MR) is 105 cm³/mol. The Morgan fingerprint density at radius 2 is 1.82 bits per heavy atom. The van der Waals surface area contributed by atoms with Crippen LogP contribution in [0.25, 0.3) is 5.69 Å². The number of carbonyl (C=O) groups excluding carboxylic acids is 1. The summed E-state index contributed by atoms with van der Waals surface area (Å²) < 4.78 is 3.68. The Morgan fingerprint density at radius 1 is 1.04 bits per heavy atom. The molecule has 28 heavy (non-hydrogen) atoms. The number of benzene rings is 2. The quantitative estimate of drug-likeness (QED) is 0.564. The maximum atomic E-state index is 12.6. The molecule has 1 N–H and O–H groups in total. The smallest absolute Gasteiger partial charge is 0.251 e. The van der Waals surface area contributed by atoms with Crippen molar-refractivity contribution in [3.63, 3.8) is 0 Å². The number of amides is 1. The van der Waals surface area contributed by atoms with Gasteiger partial charge in [-0.2, -0.15) is 5.10 Å². The summed E-state index contributed by atoms with van der Waals surface area (Å²) in [5, 5.41) is 7.13. The van der Waals surface area contributed by atoms with Crippen LogP contribution >= 0.6 is 0 Å². The molecule has 0 unspecified atom stereocenters. The van der Waals surface area contributed by atoms with Crippen LogP contribution in [0.15, 0.2) is 79.9 Å². The highest BCUT2D eigenvalue weighted by Crippen LogP contribution is 2.16. The van der Waals surface area contributed by atoms with Crippen LogP contribution in [0, 0.1) is 0 Å². The minimum absolute atomic E-state index is 0.0980. The third-order valence-electron chi connectivity index (χ3n) is 4.57. The highest BCUT2D eigenvalue weighted by molar-refractivity contribution is 5.94. The van der Waals surface area contributed by atoms with Gasteiger partial charge >= 0.3 is 0 Å². The van der Waals surface area contributed by atoms with Crippen molar-refractivity contribution in [2.45, 2.75) is 19.5 Å². The van der Waals surface area contributed by atoms with Crippen LogP contribution in [-0.2, 0) is 6.54 Å². The second kappa shape index (κ2) is 7.87. The van der Waals surface area contributed by atoms with Gasteiger partial charge in [0.2, 0.25) is 0 Å². The van der Waals surface area contributed by atoms with Crippen LogP contribution in [0.2, 0.25) is 0 Å². The molecule has 0 bridgehead atoms. The normalized spacial score (nSPS) is 11.9. The van der Waals surface area contributed by atoms with E-state index in [4.69, 9.17) is 0 Å². The van der Waals surface area contributed by atoms with Crippen molar-refractivity contribution in [3.8, 4) is 5.69 Å². The van der Waals surface area contributed by atoms with Crippen LogP contribution in [0.4, 0.5) is 0 Å². The number of carbonyl (C=O) groups is 1. The first kappa shape index (κ1) is 17.7. The summed E-state index contributed by atoms with van der Waals surface area (Å²) in [7, 11) is 0. The third kappa shape index (κ3) is 3.98. The summed E-state index contributed by atoms with van der Waals surface area (Å²) in [5.41, 5.74) is 3.76. The fourth-order valence-electron chi connectivity index (χ4n) is 2.97. The Kier molecular flexibility index (Phi) is 4.97. The molecule has 2 heterocycles. The fourth-order valence-corrected chi connectivity index (χ4v) is 2.97. The van der Waals surface area contributed by atoms with Gasteiger partial charge in [-0.05, 0) is 42.3 Å². The van der Waals surface area contributed by atoms with Crippen molar-refractivity contribution < 1.29 is 4.79 Å².